The van der Waals surface area contributed by atoms with E-state index in [4.69, 9.17) is 4.74 Å². The first-order valence-corrected chi connectivity index (χ1v) is 9.43. The Balaban J connectivity index is 2.00. The van der Waals surface area contributed by atoms with Crippen LogP contribution in [0.15, 0.2) is 24.3 Å². The highest BCUT2D eigenvalue weighted by atomic mass is 32.2. The molecule has 1 fully saturated rings. The van der Waals surface area contributed by atoms with E-state index in [0.29, 0.717) is 18.7 Å². The molecule has 0 aliphatic carbocycles. The predicted molar refractivity (Wildman–Crippen MR) is 85.7 cm³/mol. The molecule has 0 saturated carbocycles. The standard InChI is InChI=1S/C16H23NO4S/c1-3-9-17(14-8-10-22(19,20)12-14)16(18)11-21-15-7-5-4-6-13(15)2/h4-7,14H,3,8-12H2,1-2H3. The predicted octanol–water partition coefficient (Wildman–Crippen LogP) is 1.80. The Kier molecular flexibility index (Phi) is 5.45. The van der Waals surface area contributed by atoms with Gasteiger partial charge in [0, 0.05) is 12.6 Å². The van der Waals surface area contributed by atoms with Crippen molar-refractivity contribution in [3.05, 3.63) is 29.8 Å². The number of amides is 1. The van der Waals surface area contributed by atoms with Crippen molar-refractivity contribution in [2.75, 3.05) is 24.7 Å². The average Bonchev–Trinajstić information content (AvgIpc) is 2.83. The van der Waals surface area contributed by atoms with Crippen molar-refractivity contribution >= 4 is 15.7 Å². The van der Waals surface area contributed by atoms with Crippen molar-refractivity contribution in [1.29, 1.82) is 0 Å². The van der Waals surface area contributed by atoms with E-state index in [9.17, 15) is 13.2 Å². The first kappa shape index (κ1) is 16.8. The van der Waals surface area contributed by atoms with Crippen LogP contribution in [0, 0.1) is 6.92 Å². The van der Waals surface area contributed by atoms with E-state index in [0.717, 1.165) is 12.0 Å². The van der Waals surface area contributed by atoms with E-state index in [-0.39, 0.29) is 30.1 Å². The molecule has 1 aromatic carbocycles. The molecule has 6 heteroatoms. The molecule has 1 aliphatic heterocycles. The Labute approximate surface area is 132 Å². The second-order valence-corrected chi connectivity index (χ2v) is 7.93. The monoisotopic (exact) mass is 325 g/mol. The number of sulfone groups is 1. The molecule has 0 radical (unpaired) electrons. The smallest absolute Gasteiger partial charge is 0.260 e. The third-order valence-electron chi connectivity index (χ3n) is 3.88. The lowest BCUT2D eigenvalue weighted by atomic mass is 10.2. The van der Waals surface area contributed by atoms with Gasteiger partial charge in [0.25, 0.3) is 5.91 Å². The molecule has 1 amide bonds. The van der Waals surface area contributed by atoms with Gasteiger partial charge in [-0.1, -0.05) is 25.1 Å². The molecule has 1 atom stereocenters. The Morgan fingerprint density at radius 3 is 2.68 bits per heavy atom. The number of carbonyl (C=O) groups excluding carboxylic acids is 1. The van der Waals surface area contributed by atoms with Crippen molar-refractivity contribution < 1.29 is 17.9 Å². The van der Waals surface area contributed by atoms with Crippen molar-refractivity contribution in [1.82, 2.24) is 4.90 Å². The van der Waals surface area contributed by atoms with Crippen LogP contribution in [0.25, 0.3) is 0 Å². The average molecular weight is 325 g/mol. The third kappa shape index (κ3) is 4.22. The van der Waals surface area contributed by atoms with E-state index >= 15 is 0 Å². The van der Waals surface area contributed by atoms with Gasteiger partial charge in [-0.15, -0.1) is 0 Å². The van der Waals surface area contributed by atoms with Crippen LogP contribution in [0.2, 0.25) is 0 Å². The highest BCUT2D eigenvalue weighted by Gasteiger charge is 2.34. The van der Waals surface area contributed by atoms with Crippen molar-refractivity contribution in [2.24, 2.45) is 0 Å². The maximum absolute atomic E-state index is 12.4. The van der Waals surface area contributed by atoms with Crippen LogP contribution < -0.4 is 4.74 Å². The molecule has 0 spiro atoms. The summed E-state index contributed by atoms with van der Waals surface area (Å²) in [6.07, 6.45) is 1.32. The zero-order valence-electron chi connectivity index (χ0n) is 13.1. The quantitative estimate of drug-likeness (QED) is 0.800. The molecule has 22 heavy (non-hydrogen) atoms. The van der Waals surface area contributed by atoms with Crippen LogP contribution in [0.4, 0.5) is 0 Å². The molecule has 0 bridgehead atoms. The Morgan fingerprint density at radius 1 is 1.36 bits per heavy atom. The van der Waals surface area contributed by atoms with Gasteiger partial charge in [0.2, 0.25) is 0 Å². The molecule has 0 N–H and O–H groups in total. The van der Waals surface area contributed by atoms with Gasteiger partial charge in [-0.25, -0.2) is 8.42 Å². The van der Waals surface area contributed by atoms with Gasteiger partial charge in [0.05, 0.1) is 11.5 Å². The van der Waals surface area contributed by atoms with Crippen LogP contribution in [0.5, 0.6) is 5.75 Å². The number of hydrogen-bond donors (Lipinski definition) is 0. The molecule has 1 heterocycles. The van der Waals surface area contributed by atoms with Gasteiger partial charge < -0.3 is 9.64 Å². The van der Waals surface area contributed by atoms with Crippen LogP contribution in [-0.2, 0) is 14.6 Å². The van der Waals surface area contributed by atoms with Crippen LogP contribution in [0.3, 0.4) is 0 Å². The van der Waals surface area contributed by atoms with Crippen LogP contribution in [-0.4, -0.2) is 49.9 Å². The number of rotatable bonds is 6. The SMILES string of the molecule is CCCN(C(=O)COc1ccccc1C)C1CCS(=O)(=O)C1. The lowest BCUT2D eigenvalue weighted by Gasteiger charge is -2.28. The minimum atomic E-state index is -3.00. The maximum Gasteiger partial charge on any atom is 0.260 e. The summed E-state index contributed by atoms with van der Waals surface area (Å²) in [5.41, 5.74) is 0.973. The minimum Gasteiger partial charge on any atom is -0.484 e. The van der Waals surface area contributed by atoms with E-state index in [1.807, 2.05) is 38.1 Å². The van der Waals surface area contributed by atoms with Gasteiger partial charge in [-0.3, -0.25) is 4.79 Å². The summed E-state index contributed by atoms with van der Waals surface area (Å²) in [5.74, 6) is 0.783. The number of para-hydroxylation sites is 1. The fraction of sp³-hybridized carbons (Fsp3) is 0.562. The normalized spacial score (nSPS) is 19.8. The lowest BCUT2D eigenvalue weighted by molar-refractivity contribution is -0.135. The summed E-state index contributed by atoms with van der Waals surface area (Å²) in [4.78, 5) is 14.1. The number of carbonyl (C=O) groups is 1. The molecular weight excluding hydrogens is 302 g/mol. The summed E-state index contributed by atoms with van der Waals surface area (Å²) in [6.45, 7) is 4.41. The Morgan fingerprint density at radius 2 is 2.09 bits per heavy atom. The van der Waals surface area contributed by atoms with E-state index < -0.39 is 9.84 Å². The fourth-order valence-corrected chi connectivity index (χ4v) is 4.44. The number of benzene rings is 1. The summed E-state index contributed by atoms with van der Waals surface area (Å²) in [6, 6.07) is 7.31. The van der Waals surface area contributed by atoms with Crippen molar-refractivity contribution in [3.63, 3.8) is 0 Å². The molecule has 1 unspecified atom stereocenters. The Bertz CT molecular complexity index is 627. The highest BCUT2D eigenvalue weighted by Crippen LogP contribution is 2.20. The molecule has 1 aliphatic rings. The van der Waals surface area contributed by atoms with E-state index in [2.05, 4.69) is 0 Å². The molecule has 1 saturated heterocycles. The first-order chi connectivity index (χ1) is 10.4. The minimum absolute atomic E-state index is 0.0542. The zero-order valence-corrected chi connectivity index (χ0v) is 13.9. The number of nitrogens with zero attached hydrogens (tertiary/aromatic N) is 1. The number of aryl methyl sites for hydroxylation is 1. The fourth-order valence-electron chi connectivity index (χ4n) is 2.71. The molecule has 2 rings (SSSR count). The highest BCUT2D eigenvalue weighted by molar-refractivity contribution is 7.91. The van der Waals surface area contributed by atoms with Crippen LogP contribution >= 0.6 is 0 Å². The Hall–Kier alpha value is -1.56. The largest absolute Gasteiger partial charge is 0.484 e. The summed E-state index contributed by atoms with van der Waals surface area (Å²) >= 11 is 0. The molecule has 122 valence electrons. The van der Waals surface area contributed by atoms with Crippen molar-refractivity contribution in [2.45, 2.75) is 32.7 Å². The lowest BCUT2D eigenvalue weighted by Crippen LogP contribution is -2.44. The first-order valence-electron chi connectivity index (χ1n) is 7.61. The third-order valence-corrected chi connectivity index (χ3v) is 5.63. The van der Waals surface area contributed by atoms with Crippen molar-refractivity contribution in [3.8, 4) is 5.75 Å². The zero-order chi connectivity index (χ0) is 16.2. The van der Waals surface area contributed by atoms with Crippen LogP contribution in [0.1, 0.15) is 25.3 Å². The molecule has 1 aromatic rings. The van der Waals surface area contributed by atoms with Gasteiger partial charge in [0.15, 0.2) is 16.4 Å². The van der Waals surface area contributed by atoms with E-state index in [1.165, 1.54) is 0 Å². The summed E-state index contributed by atoms with van der Waals surface area (Å²) in [5, 5.41) is 0. The second kappa shape index (κ2) is 7.13. The summed E-state index contributed by atoms with van der Waals surface area (Å²) in [7, 11) is -3.00. The number of ether oxygens (including phenoxy) is 1. The van der Waals surface area contributed by atoms with Gasteiger partial charge in [-0.2, -0.15) is 0 Å². The molecule has 5 nitrogen and oxygen atoms in total. The molecular formula is C16H23NO4S. The van der Waals surface area contributed by atoms with Gasteiger partial charge in [0.1, 0.15) is 5.75 Å². The van der Waals surface area contributed by atoms with E-state index in [1.54, 1.807) is 4.90 Å². The van der Waals surface area contributed by atoms with Gasteiger partial charge >= 0.3 is 0 Å². The molecule has 0 aromatic heterocycles. The number of hydrogen-bond acceptors (Lipinski definition) is 4. The van der Waals surface area contributed by atoms with Gasteiger partial charge in [-0.05, 0) is 31.4 Å². The topological polar surface area (TPSA) is 63.7 Å². The summed E-state index contributed by atoms with van der Waals surface area (Å²) < 4.78 is 28.9. The second-order valence-electron chi connectivity index (χ2n) is 5.70. The maximum atomic E-state index is 12.4.